The maximum Gasteiger partial charge on any atom is 0.269 e. The van der Waals surface area contributed by atoms with Crippen molar-refractivity contribution in [2.75, 3.05) is 5.32 Å². The van der Waals surface area contributed by atoms with Crippen molar-refractivity contribution >= 4 is 39.3 Å². The van der Waals surface area contributed by atoms with E-state index in [2.05, 4.69) is 32.1 Å². The second-order valence-corrected chi connectivity index (χ2v) is 7.97. The molecule has 8 heteroatoms. The highest BCUT2D eigenvalue weighted by Gasteiger charge is 2.12. The molecule has 0 fully saturated rings. The molecule has 3 amide bonds. The van der Waals surface area contributed by atoms with Gasteiger partial charge in [-0.05, 0) is 84.4 Å². The summed E-state index contributed by atoms with van der Waals surface area (Å²) in [6.45, 7) is 3.82. The van der Waals surface area contributed by atoms with Gasteiger partial charge in [0.15, 0.2) is 0 Å². The van der Waals surface area contributed by atoms with Gasteiger partial charge in [-0.25, -0.2) is 0 Å². The lowest BCUT2D eigenvalue weighted by Crippen LogP contribution is -2.41. The van der Waals surface area contributed by atoms with Crippen LogP contribution in [0.1, 0.15) is 44.9 Å². The van der Waals surface area contributed by atoms with Gasteiger partial charge in [-0.2, -0.15) is 0 Å². The van der Waals surface area contributed by atoms with Gasteiger partial charge in [0.2, 0.25) is 0 Å². The highest BCUT2D eigenvalue weighted by atomic mass is 79.9. The summed E-state index contributed by atoms with van der Waals surface area (Å²) in [7, 11) is 0. The predicted octanol–water partition coefficient (Wildman–Crippen LogP) is 4.56. The molecule has 164 valence electrons. The van der Waals surface area contributed by atoms with E-state index in [1.54, 1.807) is 66.7 Å². The van der Waals surface area contributed by atoms with Gasteiger partial charge in [-0.3, -0.25) is 25.2 Å². The third-order valence-corrected chi connectivity index (χ3v) is 4.91. The first-order chi connectivity index (χ1) is 15.3. The van der Waals surface area contributed by atoms with Crippen LogP contribution in [-0.4, -0.2) is 23.8 Å². The monoisotopic (exact) mass is 495 g/mol. The summed E-state index contributed by atoms with van der Waals surface area (Å²) in [5, 5.41) is 2.76. The Balaban J connectivity index is 1.55. The number of carbonyl (C=O) groups excluding carboxylic acids is 3. The van der Waals surface area contributed by atoms with Crippen LogP contribution in [0.5, 0.6) is 5.75 Å². The first kappa shape index (κ1) is 23.0. The Kier molecular flexibility index (Phi) is 7.62. The van der Waals surface area contributed by atoms with Gasteiger partial charge in [-0.1, -0.05) is 18.2 Å². The van der Waals surface area contributed by atoms with Gasteiger partial charge in [0.05, 0.1) is 10.6 Å². The Hall–Kier alpha value is -3.65. The lowest BCUT2D eigenvalue weighted by molar-refractivity contribution is 0.0846. The summed E-state index contributed by atoms with van der Waals surface area (Å²) in [6.07, 6.45) is 0.00307. The minimum Gasteiger partial charge on any atom is -0.490 e. The molecule has 0 radical (unpaired) electrons. The Morgan fingerprint density at radius 2 is 1.31 bits per heavy atom. The number of anilines is 1. The van der Waals surface area contributed by atoms with Crippen molar-refractivity contribution in [3.8, 4) is 5.75 Å². The van der Waals surface area contributed by atoms with Gasteiger partial charge < -0.3 is 10.1 Å². The van der Waals surface area contributed by atoms with Crippen LogP contribution in [0.15, 0.2) is 77.3 Å². The van der Waals surface area contributed by atoms with Gasteiger partial charge in [-0.15, -0.1) is 0 Å². The molecule has 0 saturated heterocycles. The molecule has 0 unspecified atom stereocenters. The molecule has 3 N–H and O–H groups in total. The molecule has 0 spiro atoms. The number of hydrazine groups is 1. The van der Waals surface area contributed by atoms with E-state index in [9.17, 15) is 14.4 Å². The van der Waals surface area contributed by atoms with Crippen molar-refractivity contribution in [1.82, 2.24) is 10.9 Å². The van der Waals surface area contributed by atoms with Crippen molar-refractivity contribution < 1.29 is 19.1 Å². The normalized spacial score (nSPS) is 10.4. The number of nitrogens with one attached hydrogen (secondary N) is 3. The number of benzene rings is 3. The molecule has 0 bridgehead atoms. The molecule has 3 aromatic rings. The van der Waals surface area contributed by atoms with Crippen molar-refractivity contribution in [2.24, 2.45) is 0 Å². The van der Waals surface area contributed by atoms with Crippen molar-refractivity contribution in [3.05, 3.63) is 94.0 Å². The number of rotatable bonds is 6. The van der Waals surface area contributed by atoms with Crippen LogP contribution < -0.4 is 20.9 Å². The summed E-state index contributed by atoms with van der Waals surface area (Å²) < 4.78 is 6.26. The number of ether oxygens (including phenoxy) is 1. The second kappa shape index (κ2) is 10.6. The zero-order chi connectivity index (χ0) is 23.1. The third-order valence-electron chi connectivity index (χ3n) is 4.29. The van der Waals surface area contributed by atoms with E-state index < -0.39 is 11.8 Å². The lowest BCUT2D eigenvalue weighted by Gasteiger charge is -2.13. The van der Waals surface area contributed by atoms with E-state index in [0.29, 0.717) is 32.6 Å². The molecule has 3 aromatic carbocycles. The average molecular weight is 496 g/mol. The molecule has 0 aromatic heterocycles. The fourth-order valence-electron chi connectivity index (χ4n) is 2.75. The number of hydrogen-bond acceptors (Lipinski definition) is 4. The lowest BCUT2D eigenvalue weighted by atomic mass is 10.1. The van der Waals surface area contributed by atoms with E-state index in [4.69, 9.17) is 4.74 Å². The Morgan fingerprint density at radius 1 is 0.750 bits per heavy atom. The van der Waals surface area contributed by atoms with Crippen LogP contribution in [0, 0.1) is 0 Å². The third kappa shape index (κ3) is 6.18. The SMILES string of the molecule is CC(C)Oc1ccc(C(=O)NNC(=O)c2ccc(NC(=O)c3ccccc3)cc2)cc1Br. The molecular weight excluding hydrogens is 474 g/mol. The summed E-state index contributed by atoms with van der Waals surface area (Å²) in [4.78, 5) is 36.9. The summed E-state index contributed by atoms with van der Waals surface area (Å²) in [5.41, 5.74) is 6.52. The van der Waals surface area contributed by atoms with Crippen LogP contribution in [0.3, 0.4) is 0 Å². The first-order valence-corrected chi connectivity index (χ1v) is 10.7. The summed E-state index contributed by atoms with van der Waals surface area (Å²) in [6, 6.07) is 20.1. The molecule has 3 rings (SSSR count). The van der Waals surface area contributed by atoms with Gasteiger partial charge in [0, 0.05) is 22.4 Å². The fraction of sp³-hybridized carbons (Fsp3) is 0.125. The maximum absolute atomic E-state index is 12.3. The number of carbonyl (C=O) groups is 3. The molecule has 0 saturated carbocycles. The standard InChI is InChI=1S/C24H22BrN3O4/c1-15(2)32-21-13-10-18(14-20(21)25)24(31)28-27-23(30)17-8-11-19(12-9-17)26-22(29)16-6-4-3-5-7-16/h3-15H,1-2H3,(H,26,29)(H,27,30)(H,28,31). The number of halogens is 1. The Bertz CT molecular complexity index is 1120. The number of hydrogen-bond donors (Lipinski definition) is 3. The van der Waals surface area contributed by atoms with Crippen LogP contribution in [0.2, 0.25) is 0 Å². The van der Waals surface area contributed by atoms with Gasteiger partial charge >= 0.3 is 0 Å². The van der Waals surface area contributed by atoms with E-state index >= 15 is 0 Å². The summed E-state index contributed by atoms with van der Waals surface area (Å²) in [5.74, 6) is -0.578. The molecule has 0 heterocycles. The number of amides is 3. The van der Waals surface area contributed by atoms with Crippen LogP contribution >= 0.6 is 15.9 Å². The molecule has 0 aliphatic heterocycles. The zero-order valence-corrected chi connectivity index (χ0v) is 19.1. The van der Waals surface area contributed by atoms with Gasteiger partial charge in [0.25, 0.3) is 17.7 Å². The van der Waals surface area contributed by atoms with Crippen molar-refractivity contribution in [3.63, 3.8) is 0 Å². The first-order valence-electron chi connectivity index (χ1n) is 9.87. The average Bonchev–Trinajstić information content (AvgIpc) is 2.79. The molecule has 32 heavy (non-hydrogen) atoms. The van der Waals surface area contributed by atoms with E-state index in [1.165, 1.54) is 0 Å². The van der Waals surface area contributed by atoms with Crippen molar-refractivity contribution in [2.45, 2.75) is 20.0 Å². The molecule has 0 aliphatic rings. The van der Waals surface area contributed by atoms with Crippen LogP contribution in [-0.2, 0) is 0 Å². The maximum atomic E-state index is 12.3. The van der Waals surface area contributed by atoms with E-state index in [-0.39, 0.29) is 12.0 Å². The van der Waals surface area contributed by atoms with Crippen LogP contribution in [0.25, 0.3) is 0 Å². The van der Waals surface area contributed by atoms with Gasteiger partial charge in [0.1, 0.15) is 5.75 Å². The second-order valence-electron chi connectivity index (χ2n) is 7.12. The van der Waals surface area contributed by atoms with E-state index in [1.807, 2.05) is 19.9 Å². The largest absolute Gasteiger partial charge is 0.490 e. The molecule has 0 atom stereocenters. The molecular formula is C24H22BrN3O4. The molecule has 7 nitrogen and oxygen atoms in total. The van der Waals surface area contributed by atoms with E-state index in [0.717, 1.165) is 0 Å². The smallest absolute Gasteiger partial charge is 0.269 e. The Morgan fingerprint density at radius 3 is 1.91 bits per heavy atom. The zero-order valence-electron chi connectivity index (χ0n) is 17.5. The highest BCUT2D eigenvalue weighted by molar-refractivity contribution is 9.10. The van der Waals surface area contributed by atoms with Crippen molar-refractivity contribution in [1.29, 1.82) is 0 Å². The minimum absolute atomic E-state index is 0.00307. The quantitative estimate of drug-likeness (QED) is 0.436. The van der Waals surface area contributed by atoms with Crippen LogP contribution in [0.4, 0.5) is 5.69 Å². The topological polar surface area (TPSA) is 96.5 Å². The molecule has 0 aliphatic carbocycles. The Labute approximate surface area is 194 Å². The fourth-order valence-corrected chi connectivity index (χ4v) is 3.22. The summed E-state index contributed by atoms with van der Waals surface area (Å²) >= 11 is 3.38. The predicted molar refractivity (Wildman–Crippen MR) is 126 cm³/mol. The highest BCUT2D eigenvalue weighted by Crippen LogP contribution is 2.26. The minimum atomic E-state index is -0.488.